The lowest BCUT2D eigenvalue weighted by molar-refractivity contribution is 0.332. The lowest BCUT2D eigenvalue weighted by atomic mass is 10.2. The maximum atomic E-state index is 5.76. The SMILES string of the molecule is Cc1c(Cl)cccc1ON. The molecule has 3 heteroatoms. The van der Waals surface area contributed by atoms with Crippen LogP contribution in [0.2, 0.25) is 5.02 Å². The predicted octanol–water partition coefficient (Wildman–Crippen LogP) is 1.90. The second-order valence-electron chi connectivity index (χ2n) is 1.98. The van der Waals surface area contributed by atoms with Crippen LogP contribution in [0.15, 0.2) is 18.2 Å². The zero-order chi connectivity index (χ0) is 7.56. The van der Waals surface area contributed by atoms with E-state index >= 15 is 0 Å². The molecule has 0 saturated carbocycles. The van der Waals surface area contributed by atoms with E-state index in [0.717, 1.165) is 5.56 Å². The van der Waals surface area contributed by atoms with Crippen LogP contribution in [0.4, 0.5) is 0 Å². The van der Waals surface area contributed by atoms with E-state index < -0.39 is 0 Å². The Morgan fingerprint density at radius 2 is 2.20 bits per heavy atom. The molecule has 0 radical (unpaired) electrons. The molecule has 0 bridgehead atoms. The Kier molecular flexibility index (Phi) is 2.14. The molecule has 0 fully saturated rings. The minimum atomic E-state index is 0.618. The normalized spacial score (nSPS) is 9.50. The van der Waals surface area contributed by atoms with Gasteiger partial charge in [-0.15, -0.1) is 0 Å². The van der Waals surface area contributed by atoms with Gasteiger partial charge in [0.15, 0.2) is 5.75 Å². The van der Waals surface area contributed by atoms with Crippen LogP contribution in [-0.2, 0) is 0 Å². The monoisotopic (exact) mass is 157 g/mol. The van der Waals surface area contributed by atoms with Gasteiger partial charge in [0.2, 0.25) is 0 Å². The smallest absolute Gasteiger partial charge is 0.151 e. The van der Waals surface area contributed by atoms with Gasteiger partial charge >= 0.3 is 0 Å². The van der Waals surface area contributed by atoms with Crippen molar-refractivity contribution in [1.82, 2.24) is 0 Å². The molecular formula is C7H8ClNO. The minimum absolute atomic E-state index is 0.618. The van der Waals surface area contributed by atoms with Crippen LogP contribution < -0.4 is 10.7 Å². The first-order valence-corrected chi connectivity index (χ1v) is 3.25. The number of rotatable bonds is 1. The third kappa shape index (κ3) is 1.23. The van der Waals surface area contributed by atoms with Gasteiger partial charge in [-0.1, -0.05) is 17.7 Å². The fraction of sp³-hybridized carbons (Fsp3) is 0.143. The Morgan fingerprint density at radius 1 is 1.50 bits per heavy atom. The molecule has 0 aromatic heterocycles. The summed E-state index contributed by atoms with van der Waals surface area (Å²) in [6.45, 7) is 1.85. The molecule has 0 amide bonds. The van der Waals surface area contributed by atoms with Gasteiger partial charge in [-0.2, -0.15) is 5.90 Å². The zero-order valence-corrected chi connectivity index (χ0v) is 6.35. The van der Waals surface area contributed by atoms with Gasteiger partial charge < -0.3 is 4.84 Å². The minimum Gasteiger partial charge on any atom is -0.411 e. The first-order valence-electron chi connectivity index (χ1n) is 2.87. The third-order valence-corrected chi connectivity index (χ3v) is 1.75. The lowest BCUT2D eigenvalue weighted by Gasteiger charge is -2.02. The van der Waals surface area contributed by atoms with Crippen molar-refractivity contribution in [2.45, 2.75) is 6.92 Å². The van der Waals surface area contributed by atoms with Crippen molar-refractivity contribution in [2.24, 2.45) is 5.90 Å². The Balaban J connectivity index is 3.14. The molecule has 10 heavy (non-hydrogen) atoms. The fourth-order valence-electron chi connectivity index (χ4n) is 0.715. The molecular weight excluding hydrogens is 150 g/mol. The van der Waals surface area contributed by atoms with Crippen LogP contribution >= 0.6 is 11.6 Å². The van der Waals surface area contributed by atoms with Gasteiger partial charge in [-0.3, -0.25) is 0 Å². The average molecular weight is 158 g/mol. The molecule has 0 atom stereocenters. The van der Waals surface area contributed by atoms with Crippen molar-refractivity contribution in [3.63, 3.8) is 0 Å². The Labute approximate surface area is 64.5 Å². The molecule has 1 aromatic carbocycles. The number of nitrogens with two attached hydrogens (primary N) is 1. The first-order chi connectivity index (χ1) is 4.75. The van der Waals surface area contributed by atoms with Crippen molar-refractivity contribution < 1.29 is 4.84 Å². The van der Waals surface area contributed by atoms with E-state index in [2.05, 4.69) is 4.84 Å². The zero-order valence-electron chi connectivity index (χ0n) is 5.60. The van der Waals surface area contributed by atoms with Gasteiger partial charge in [0.1, 0.15) is 0 Å². The van der Waals surface area contributed by atoms with Crippen LogP contribution in [0.25, 0.3) is 0 Å². The van der Waals surface area contributed by atoms with Crippen LogP contribution in [0.5, 0.6) is 5.75 Å². The molecule has 0 saturated heterocycles. The predicted molar refractivity (Wildman–Crippen MR) is 41.0 cm³/mol. The van der Waals surface area contributed by atoms with E-state index in [1.54, 1.807) is 18.2 Å². The summed E-state index contributed by atoms with van der Waals surface area (Å²) in [5.74, 6) is 5.58. The van der Waals surface area contributed by atoms with Crippen molar-refractivity contribution >= 4 is 11.6 Å². The van der Waals surface area contributed by atoms with Crippen LogP contribution in [0.1, 0.15) is 5.56 Å². The van der Waals surface area contributed by atoms with Crippen molar-refractivity contribution in [3.8, 4) is 5.75 Å². The number of hydrogen-bond donors (Lipinski definition) is 1. The van der Waals surface area contributed by atoms with Crippen molar-refractivity contribution in [1.29, 1.82) is 0 Å². The second kappa shape index (κ2) is 2.90. The van der Waals surface area contributed by atoms with Crippen LogP contribution in [0.3, 0.4) is 0 Å². The molecule has 2 nitrogen and oxygen atoms in total. The Bertz CT molecular complexity index is 237. The second-order valence-corrected chi connectivity index (χ2v) is 2.39. The van der Waals surface area contributed by atoms with Gasteiger partial charge in [0.05, 0.1) is 0 Å². The van der Waals surface area contributed by atoms with Gasteiger partial charge in [-0.05, 0) is 19.1 Å². The van der Waals surface area contributed by atoms with Gasteiger partial charge in [0.25, 0.3) is 0 Å². The summed E-state index contributed by atoms with van der Waals surface area (Å²) in [5.41, 5.74) is 0.867. The molecule has 1 aromatic rings. The molecule has 0 unspecified atom stereocenters. The molecule has 0 spiro atoms. The third-order valence-electron chi connectivity index (χ3n) is 1.34. The lowest BCUT2D eigenvalue weighted by Crippen LogP contribution is -2.03. The number of hydrogen-bond acceptors (Lipinski definition) is 2. The van der Waals surface area contributed by atoms with Crippen LogP contribution in [-0.4, -0.2) is 0 Å². The van der Waals surface area contributed by atoms with E-state index in [4.69, 9.17) is 17.5 Å². The highest BCUT2D eigenvalue weighted by Crippen LogP contribution is 2.23. The van der Waals surface area contributed by atoms with E-state index in [1.807, 2.05) is 6.92 Å². The highest BCUT2D eigenvalue weighted by atomic mass is 35.5. The highest BCUT2D eigenvalue weighted by molar-refractivity contribution is 6.31. The summed E-state index contributed by atoms with van der Waals surface area (Å²) < 4.78 is 0. The van der Waals surface area contributed by atoms with Gasteiger partial charge in [0, 0.05) is 10.6 Å². The van der Waals surface area contributed by atoms with E-state index in [9.17, 15) is 0 Å². The highest BCUT2D eigenvalue weighted by Gasteiger charge is 1.99. The molecule has 2 N–H and O–H groups in total. The Morgan fingerprint density at radius 3 is 2.70 bits per heavy atom. The summed E-state index contributed by atoms with van der Waals surface area (Å²) >= 11 is 5.76. The van der Waals surface area contributed by atoms with E-state index in [-0.39, 0.29) is 0 Å². The van der Waals surface area contributed by atoms with Crippen molar-refractivity contribution in [3.05, 3.63) is 28.8 Å². The molecule has 54 valence electrons. The maximum absolute atomic E-state index is 5.76. The molecule has 1 rings (SSSR count). The number of halogens is 1. The summed E-state index contributed by atoms with van der Waals surface area (Å²) in [7, 11) is 0. The summed E-state index contributed by atoms with van der Waals surface area (Å²) in [5, 5.41) is 0.669. The van der Waals surface area contributed by atoms with Gasteiger partial charge in [-0.25, -0.2) is 0 Å². The standard InChI is InChI=1S/C7H8ClNO/c1-5-6(8)3-2-4-7(5)10-9/h2-4H,9H2,1H3. The molecule has 0 aliphatic carbocycles. The largest absolute Gasteiger partial charge is 0.411 e. The quantitative estimate of drug-likeness (QED) is 0.632. The molecule has 0 aliphatic heterocycles. The average Bonchev–Trinajstić information content (AvgIpc) is 1.95. The van der Waals surface area contributed by atoms with Crippen LogP contribution in [0, 0.1) is 6.92 Å². The summed E-state index contributed by atoms with van der Waals surface area (Å²) in [6, 6.07) is 5.35. The summed E-state index contributed by atoms with van der Waals surface area (Å²) in [6.07, 6.45) is 0. The number of benzene rings is 1. The topological polar surface area (TPSA) is 35.2 Å². The first kappa shape index (κ1) is 7.38. The summed E-state index contributed by atoms with van der Waals surface area (Å²) in [4.78, 5) is 4.54. The van der Waals surface area contributed by atoms with E-state index in [1.165, 1.54) is 0 Å². The fourth-order valence-corrected chi connectivity index (χ4v) is 0.881. The van der Waals surface area contributed by atoms with E-state index in [0.29, 0.717) is 10.8 Å². The Hall–Kier alpha value is -0.730. The van der Waals surface area contributed by atoms with Crippen molar-refractivity contribution in [2.75, 3.05) is 0 Å². The molecule has 0 aliphatic rings. The molecule has 0 heterocycles. The maximum Gasteiger partial charge on any atom is 0.151 e.